The third-order valence-electron chi connectivity index (χ3n) is 9.03. The molecule has 0 aliphatic heterocycles. The fraction of sp³-hybridized carbons (Fsp3) is 0.0270. The van der Waals surface area contributed by atoms with Gasteiger partial charge >= 0.3 is 0 Å². The molecule has 0 amide bonds. The maximum absolute atomic E-state index is 12.4. The van der Waals surface area contributed by atoms with Crippen molar-refractivity contribution in [3.63, 3.8) is 0 Å². The zero-order valence-electron chi connectivity index (χ0n) is 30.7. The van der Waals surface area contributed by atoms with Crippen LogP contribution in [0, 0.1) is 0 Å². The van der Waals surface area contributed by atoms with E-state index in [0.29, 0.717) is 5.69 Å². The lowest BCUT2D eigenvalue weighted by Gasteiger charge is -2.11. The molecule has 0 saturated carbocycles. The fourth-order valence-electron chi connectivity index (χ4n) is 6.07. The Morgan fingerprint density at radius 1 is 0.426 bits per heavy atom. The molecule has 7 aromatic rings. The van der Waals surface area contributed by atoms with Crippen LogP contribution in [0.25, 0.3) is 32.3 Å². The van der Waals surface area contributed by atoms with Crippen LogP contribution in [-0.2, 0) is 40.5 Å². The number of anilines is 1. The van der Waals surface area contributed by atoms with E-state index in [9.17, 15) is 57.0 Å². The minimum absolute atomic E-state index is 0.00627. The molecule has 61 heavy (non-hydrogen) atoms. The van der Waals surface area contributed by atoms with E-state index in [-0.39, 0.29) is 65.6 Å². The van der Waals surface area contributed by atoms with Crippen molar-refractivity contribution >= 4 is 113 Å². The largest absolute Gasteiger partial charge is 0.505 e. The number of benzene rings is 7. The van der Waals surface area contributed by atoms with E-state index < -0.39 is 66.6 Å². The Labute approximate surface area is 345 Å². The molecule has 0 radical (unpaired) electrons. The lowest BCUT2D eigenvalue weighted by atomic mass is 10.1. The quantitative estimate of drug-likeness (QED) is 0.0521. The standard InChI is InChI=1S/C37H27N7O13S4/c1-38-22-4-9-26-20(16-22)17-35(61(55,56)57)36(37(26)45)44-43-32-13-15-34(30-19-25(60(52,53)54)8-11-28(30)32)42-41-31-12-14-33(29-18-24(59(49,50)51)7-10-27(29)31)40-39-21-2-5-23(6-3-21)58(46,47)48/h2-19,38,45H,1H3,(H,46,47,48)(H,49,50,51)(H,52,53,54)(H,55,56,57). The van der Waals surface area contributed by atoms with E-state index >= 15 is 0 Å². The van der Waals surface area contributed by atoms with Crippen LogP contribution in [0.15, 0.2) is 159 Å². The highest BCUT2D eigenvalue weighted by molar-refractivity contribution is 7.86. The fourth-order valence-corrected chi connectivity index (χ4v) is 8.22. The molecule has 0 aromatic heterocycles. The Hall–Kier alpha value is -6.64. The molecule has 0 fully saturated rings. The van der Waals surface area contributed by atoms with Gasteiger partial charge in [0.2, 0.25) is 0 Å². The molecule has 0 saturated heterocycles. The molecule has 7 rings (SSSR count). The van der Waals surface area contributed by atoms with Crippen LogP contribution in [-0.4, -0.2) is 64.0 Å². The monoisotopic (exact) mass is 905 g/mol. The first-order chi connectivity index (χ1) is 28.6. The molecule has 24 heteroatoms. The summed E-state index contributed by atoms with van der Waals surface area (Å²) in [7, 11) is -17.3. The number of hydrogen-bond donors (Lipinski definition) is 6. The van der Waals surface area contributed by atoms with Gasteiger partial charge in [-0.05, 0) is 102 Å². The maximum atomic E-state index is 12.4. The van der Waals surface area contributed by atoms with Crippen LogP contribution < -0.4 is 5.32 Å². The van der Waals surface area contributed by atoms with Crippen molar-refractivity contribution in [1.29, 1.82) is 0 Å². The summed E-state index contributed by atoms with van der Waals surface area (Å²) in [5.41, 5.74) is 0.335. The van der Waals surface area contributed by atoms with Gasteiger partial charge in [0.15, 0.2) is 5.75 Å². The number of fused-ring (bicyclic) bond motifs is 3. The summed E-state index contributed by atoms with van der Waals surface area (Å²) in [5.74, 6) is -0.613. The van der Waals surface area contributed by atoms with Crippen molar-refractivity contribution in [3.8, 4) is 5.75 Å². The van der Waals surface area contributed by atoms with Gasteiger partial charge in [0, 0.05) is 39.7 Å². The van der Waals surface area contributed by atoms with Gasteiger partial charge in [-0.2, -0.15) is 38.8 Å². The van der Waals surface area contributed by atoms with E-state index in [1.165, 1.54) is 60.7 Å². The zero-order chi connectivity index (χ0) is 44.1. The summed E-state index contributed by atoms with van der Waals surface area (Å²) in [6, 6.07) is 22.9. The number of phenolic OH excluding ortho intramolecular Hbond substituents is 1. The minimum Gasteiger partial charge on any atom is -0.505 e. The zero-order valence-corrected chi connectivity index (χ0v) is 34.0. The highest BCUT2D eigenvalue weighted by Crippen LogP contribution is 2.44. The summed E-state index contributed by atoms with van der Waals surface area (Å²) in [5, 5.41) is 39.9. The van der Waals surface area contributed by atoms with Gasteiger partial charge < -0.3 is 10.4 Å². The molecule has 0 spiro atoms. The summed E-state index contributed by atoms with van der Waals surface area (Å²) in [6.45, 7) is 0. The van der Waals surface area contributed by atoms with Crippen molar-refractivity contribution in [2.45, 2.75) is 19.6 Å². The molecule has 0 bridgehead atoms. The van der Waals surface area contributed by atoms with Crippen LogP contribution in [0.2, 0.25) is 0 Å². The number of aromatic hydroxyl groups is 1. The summed E-state index contributed by atoms with van der Waals surface area (Å²) in [6.07, 6.45) is 0. The van der Waals surface area contributed by atoms with Gasteiger partial charge in [0.1, 0.15) is 10.6 Å². The van der Waals surface area contributed by atoms with Gasteiger partial charge in [-0.15, -0.1) is 25.6 Å². The average Bonchev–Trinajstić information content (AvgIpc) is 3.20. The first-order valence-electron chi connectivity index (χ1n) is 17.0. The van der Waals surface area contributed by atoms with Gasteiger partial charge in [-0.25, -0.2) is 0 Å². The lowest BCUT2D eigenvalue weighted by Crippen LogP contribution is -1.99. The molecule has 0 unspecified atom stereocenters. The second kappa shape index (κ2) is 15.8. The predicted molar refractivity (Wildman–Crippen MR) is 221 cm³/mol. The number of rotatable bonds is 11. The molecule has 7 aromatic carbocycles. The van der Waals surface area contributed by atoms with Crippen LogP contribution >= 0.6 is 0 Å². The SMILES string of the molecule is CNc1ccc2c(O)c(N=Nc3ccc(N=Nc4ccc(N=Nc5ccc(S(=O)(=O)O)cc5)c5cc(S(=O)(=O)O)ccc45)c4cc(S(=O)(=O)O)ccc34)c(S(=O)(=O)O)cc2c1. The van der Waals surface area contributed by atoms with Crippen LogP contribution in [0.3, 0.4) is 0 Å². The molecule has 0 aliphatic carbocycles. The Morgan fingerprint density at radius 3 is 1.31 bits per heavy atom. The summed E-state index contributed by atoms with van der Waals surface area (Å²) < 4.78 is 135. The molecular weight excluding hydrogens is 879 g/mol. The highest BCUT2D eigenvalue weighted by atomic mass is 32.2. The van der Waals surface area contributed by atoms with Crippen molar-refractivity contribution in [2.24, 2.45) is 30.7 Å². The number of nitrogens with one attached hydrogen (secondary N) is 1. The Kier molecular flexibility index (Phi) is 11.0. The molecule has 20 nitrogen and oxygen atoms in total. The first kappa shape index (κ1) is 42.5. The molecular formula is C37H27N7O13S4. The Morgan fingerprint density at radius 2 is 0.852 bits per heavy atom. The summed E-state index contributed by atoms with van der Waals surface area (Å²) in [4.78, 5) is -2.18. The predicted octanol–water partition coefficient (Wildman–Crippen LogP) is 9.13. The molecule has 0 aliphatic rings. The van der Waals surface area contributed by atoms with Crippen molar-refractivity contribution in [3.05, 3.63) is 109 Å². The number of nitrogens with zero attached hydrogens (tertiary/aromatic N) is 6. The third kappa shape index (κ3) is 8.96. The normalized spacial score (nSPS) is 13.1. The van der Waals surface area contributed by atoms with Gasteiger partial charge in [-0.1, -0.05) is 12.1 Å². The topological polar surface area (TPSA) is 324 Å². The van der Waals surface area contributed by atoms with Crippen molar-refractivity contribution in [2.75, 3.05) is 12.4 Å². The van der Waals surface area contributed by atoms with E-state index in [2.05, 4.69) is 36.0 Å². The lowest BCUT2D eigenvalue weighted by molar-refractivity contribution is 0.472. The van der Waals surface area contributed by atoms with Crippen molar-refractivity contribution < 1.29 is 57.0 Å². The number of hydrogen-bond acceptors (Lipinski definition) is 16. The average molecular weight is 906 g/mol. The van der Waals surface area contributed by atoms with Crippen LogP contribution in [0.1, 0.15) is 0 Å². The van der Waals surface area contributed by atoms with Crippen LogP contribution in [0.5, 0.6) is 5.75 Å². The third-order valence-corrected chi connectivity index (χ3v) is 12.5. The van der Waals surface area contributed by atoms with Crippen molar-refractivity contribution in [1.82, 2.24) is 0 Å². The second-order valence-corrected chi connectivity index (χ2v) is 18.5. The molecule has 312 valence electrons. The number of phenols is 1. The Balaban J connectivity index is 1.33. The molecule has 6 N–H and O–H groups in total. The highest BCUT2D eigenvalue weighted by Gasteiger charge is 2.23. The van der Waals surface area contributed by atoms with Gasteiger partial charge in [-0.3, -0.25) is 18.2 Å². The van der Waals surface area contributed by atoms with Gasteiger partial charge in [0.05, 0.1) is 43.1 Å². The second-order valence-electron chi connectivity index (χ2n) is 12.9. The van der Waals surface area contributed by atoms with E-state index in [1.54, 1.807) is 13.1 Å². The van der Waals surface area contributed by atoms with E-state index in [1.807, 2.05) is 0 Å². The van der Waals surface area contributed by atoms with E-state index in [4.69, 9.17) is 0 Å². The molecule has 0 atom stereocenters. The minimum atomic E-state index is -4.96. The maximum Gasteiger partial charge on any atom is 0.296 e. The summed E-state index contributed by atoms with van der Waals surface area (Å²) >= 11 is 0. The smallest absolute Gasteiger partial charge is 0.296 e. The number of azo groups is 3. The first-order valence-corrected chi connectivity index (χ1v) is 22.7. The van der Waals surface area contributed by atoms with Gasteiger partial charge in [0.25, 0.3) is 40.5 Å². The van der Waals surface area contributed by atoms with E-state index in [0.717, 1.165) is 42.5 Å². The van der Waals surface area contributed by atoms with Crippen LogP contribution in [0.4, 0.5) is 39.8 Å². The Bertz CT molecular complexity index is 3530. The molecule has 0 heterocycles.